The van der Waals surface area contributed by atoms with E-state index in [0.29, 0.717) is 39.9 Å². The van der Waals surface area contributed by atoms with E-state index in [4.69, 9.17) is 21.3 Å². The van der Waals surface area contributed by atoms with Gasteiger partial charge in [-0.3, -0.25) is 5.10 Å². The van der Waals surface area contributed by atoms with E-state index in [0.717, 1.165) is 80.4 Å². The molecule has 8 nitrogen and oxygen atoms in total. The van der Waals surface area contributed by atoms with Crippen LogP contribution in [-0.4, -0.2) is 77.5 Å². The summed E-state index contributed by atoms with van der Waals surface area (Å²) in [5.74, 6) is 0.236. The fraction of sp³-hybridized carbons (Fsp3) is 0.483. The summed E-state index contributed by atoms with van der Waals surface area (Å²) in [6, 6.07) is 6.25. The van der Waals surface area contributed by atoms with E-state index in [1.54, 1.807) is 6.20 Å². The van der Waals surface area contributed by atoms with Gasteiger partial charge in [0.2, 0.25) is 0 Å². The molecule has 5 heterocycles. The molecule has 2 aromatic heterocycles. The van der Waals surface area contributed by atoms with Gasteiger partial charge >= 0.3 is 6.01 Å². The van der Waals surface area contributed by atoms with Crippen molar-refractivity contribution in [3.05, 3.63) is 40.8 Å². The van der Waals surface area contributed by atoms with Gasteiger partial charge in [0.15, 0.2) is 5.82 Å². The quantitative estimate of drug-likeness (QED) is 0.365. The second-order valence-electron chi connectivity index (χ2n) is 11.5. The number of fused-ring (bicyclic) bond motifs is 2. The maximum atomic E-state index is 16.7. The number of likely N-dealkylation sites (tertiary alicyclic amines) is 1. The van der Waals surface area contributed by atoms with Crippen molar-refractivity contribution in [2.24, 2.45) is 5.41 Å². The van der Waals surface area contributed by atoms with Gasteiger partial charge in [0.25, 0.3) is 0 Å². The van der Waals surface area contributed by atoms with E-state index in [1.807, 2.05) is 25.1 Å². The Bertz CT molecular complexity index is 1560. The number of hydrogen-bond acceptors (Lipinski definition) is 7. The zero-order chi connectivity index (χ0) is 26.7. The van der Waals surface area contributed by atoms with E-state index in [1.165, 1.54) is 0 Å². The lowest BCUT2D eigenvalue weighted by atomic mass is 9.73. The van der Waals surface area contributed by atoms with Crippen molar-refractivity contribution in [2.75, 3.05) is 51.3 Å². The second kappa shape index (κ2) is 9.57. The highest BCUT2D eigenvalue weighted by Crippen LogP contribution is 2.43. The number of H-pyrrole nitrogens is 1. The maximum absolute atomic E-state index is 16.7. The van der Waals surface area contributed by atoms with Crippen molar-refractivity contribution in [2.45, 2.75) is 38.6 Å². The average Bonchev–Trinajstić information content (AvgIpc) is 3.56. The number of aryl methyl sites for hydroxylation is 1. The van der Waals surface area contributed by atoms with Crippen LogP contribution in [-0.2, 0) is 0 Å². The zero-order valence-electron chi connectivity index (χ0n) is 22.4. The molecule has 204 valence electrons. The molecule has 3 aliphatic heterocycles. The van der Waals surface area contributed by atoms with Crippen LogP contribution in [0.4, 0.5) is 10.2 Å². The number of halogens is 2. The van der Waals surface area contributed by atoms with Gasteiger partial charge in [-0.25, -0.2) is 4.39 Å². The first-order valence-corrected chi connectivity index (χ1v) is 14.2. The number of nitrogens with one attached hydrogen (secondary N) is 2. The van der Waals surface area contributed by atoms with Gasteiger partial charge in [-0.05, 0) is 69.3 Å². The Morgan fingerprint density at radius 1 is 1.13 bits per heavy atom. The van der Waals surface area contributed by atoms with Gasteiger partial charge in [0.05, 0.1) is 16.7 Å². The fourth-order valence-electron chi connectivity index (χ4n) is 6.54. The summed E-state index contributed by atoms with van der Waals surface area (Å²) in [7, 11) is 2.11. The minimum Gasteiger partial charge on any atom is -0.462 e. The topological polar surface area (TPSA) is 82.2 Å². The number of hydrogen-bond donors (Lipinski definition) is 2. The molecular formula is C29H33ClFN7O. The lowest BCUT2D eigenvalue weighted by molar-refractivity contribution is 0.126. The van der Waals surface area contributed by atoms with E-state index >= 15 is 4.39 Å². The molecule has 0 radical (unpaired) electrons. The van der Waals surface area contributed by atoms with Crippen LogP contribution >= 0.6 is 11.6 Å². The van der Waals surface area contributed by atoms with Crippen LogP contribution in [0.2, 0.25) is 5.02 Å². The Labute approximate surface area is 231 Å². The molecule has 7 rings (SSSR count). The molecule has 2 N–H and O–H groups in total. The smallest absolute Gasteiger partial charge is 0.319 e. The average molecular weight is 550 g/mol. The van der Waals surface area contributed by atoms with Gasteiger partial charge in [0, 0.05) is 54.1 Å². The highest BCUT2D eigenvalue weighted by atomic mass is 35.5. The van der Waals surface area contributed by atoms with Gasteiger partial charge in [-0.15, -0.1) is 0 Å². The molecule has 2 aromatic carbocycles. The summed E-state index contributed by atoms with van der Waals surface area (Å²) >= 11 is 6.88. The van der Waals surface area contributed by atoms with Crippen LogP contribution in [0, 0.1) is 18.2 Å². The minimum atomic E-state index is -0.461. The first-order valence-electron chi connectivity index (χ1n) is 13.8. The van der Waals surface area contributed by atoms with Crippen molar-refractivity contribution in [1.82, 2.24) is 30.4 Å². The summed E-state index contributed by atoms with van der Waals surface area (Å²) in [5, 5.41) is 12.4. The van der Waals surface area contributed by atoms with Crippen molar-refractivity contribution >= 4 is 39.2 Å². The Kier molecular flexibility index (Phi) is 6.13. The Morgan fingerprint density at radius 2 is 1.95 bits per heavy atom. The number of benzene rings is 2. The number of ether oxygens (including phenoxy) is 1. The molecule has 4 aromatic rings. The van der Waals surface area contributed by atoms with E-state index < -0.39 is 5.82 Å². The first-order chi connectivity index (χ1) is 18.9. The third-order valence-corrected chi connectivity index (χ3v) is 9.42. The third kappa shape index (κ3) is 4.22. The lowest BCUT2D eigenvalue weighted by Gasteiger charge is -2.48. The van der Waals surface area contributed by atoms with Crippen LogP contribution in [0.25, 0.3) is 32.9 Å². The molecule has 0 amide bonds. The molecule has 0 bridgehead atoms. The molecule has 1 atom stereocenters. The van der Waals surface area contributed by atoms with Gasteiger partial charge in [0.1, 0.15) is 17.9 Å². The van der Waals surface area contributed by atoms with Crippen molar-refractivity contribution in [3.63, 3.8) is 0 Å². The van der Waals surface area contributed by atoms with Gasteiger partial charge in [-0.1, -0.05) is 17.7 Å². The SMILES string of the molecule is Cc1ccc2[nH]ncc2c1-c1c(Cl)cc2c(N3CCC4(CC3)CNC4)nc(OC[C@@H]3CCCN3C)nc2c1F. The molecule has 1 spiro atoms. The van der Waals surface area contributed by atoms with Crippen molar-refractivity contribution < 1.29 is 9.13 Å². The van der Waals surface area contributed by atoms with Crippen LogP contribution in [0.5, 0.6) is 6.01 Å². The monoisotopic (exact) mass is 549 g/mol. The number of aromatic amines is 1. The van der Waals surface area contributed by atoms with Crippen LogP contribution in [0.15, 0.2) is 24.4 Å². The predicted molar refractivity (Wildman–Crippen MR) is 152 cm³/mol. The van der Waals surface area contributed by atoms with Crippen molar-refractivity contribution in [1.29, 1.82) is 0 Å². The van der Waals surface area contributed by atoms with Crippen LogP contribution in [0.3, 0.4) is 0 Å². The maximum Gasteiger partial charge on any atom is 0.319 e. The number of anilines is 1. The summed E-state index contributed by atoms with van der Waals surface area (Å²) < 4.78 is 22.8. The molecule has 0 unspecified atom stereocenters. The zero-order valence-corrected chi connectivity index (χ0v) is 23.1. The fourth-order valence-corrected chi connectivity index (χ4v) is 6.83. The minimum absolute atomic E-state index is 0.216. The highest BCUT2D eigenvalue weighted by Gasteiger charge is 2.40. The molecule has 3 fully saturated rings. The van der Waals surface area contributed by atoms with Crippen molar-refractivity contribution in [3.8, 4) is 17.1 Å². The first kappa shape index (κ1) is 25.0. The summed E-state index contributed by atoms with van der Waals surface area (Å²) in [6.45, 7) is 7.33. The number of piperidine rings is 1. The summed E-state index contributed by atoms with van der Waals surface area (Å²) in [5.41, 5.74) is 3.40. The standard InChI is InChI=1S/C29H33ClFN7O/c1-17-5-6-22-20(13-33-36-22)23(17)24-21(30)12-19-26(25(24)31)34-28(39-14-18-4-3-9-37(18)2)35-27(19)38-10-7-29(8-11-38)15-32-16-29/h5-6,12-13,18,32H,3-4,7-11,14-16H2,1-2H3,(H,33,36)/t18-/m0/s1. The Balaban J connectivity index is 1.35. The van der Waals surface area contributed by atoms with Crippen LogP contribution < -0.4 is 15.0 Å². The largest absolute Gasteiger partial charge is 0.462 e. The molecule has 0 saturated carbocycles. The lowest BCUT2D eigenvalue weighted by Crippen LogP contribution is -2.58. The molecule has 0 aliphatic carbocycles. The second-order valence-corrected chi connectivity index (χ2v) is 11.9. The van der Waals surface area contributed by atoms with Gasteiger partial charge < -0.3 is 19.9 Å². The van der Waals surface area contributed by atoms with E-state index in [-0.39, 0.29) is 11.5 Å². The molecule has 3 aliphatic rings. The normalized spacial score (nSPS) is 21.2. The Hall–Kier alpha value is -3.01. The highest BCUT2D eigenvalue weighted by molar-refractivity contribution is 6.35. The number of likely N-dealkylation sites (N-methyl/N-ethyl adjacent to an activating group) is 1. The van der Waals surface area contributed by atoms with E-state index in [9.17, 15) is 0 Å². The Morgan fingerprint density at radius 3 is 2.67 bits per heavy atom. The van der Waals surface area contributed by atoms with Crippen LogP contribution in [0.1, 0.15) is 31.2 Å². The molecule has 39 heavy (non-hydrogen) atoms. The molecule has 10 heteroatoms. The molecular weight excluding hydrogens is 517 g/mol. The summed E-state index contributed by atoms with van der Waals surface area (Å²) in [4.78, 5) is 14.1. The molecule has 3 saturated heterocycles. The number of aromatic nitrogens is 4. The summed E-state index contributed by atoms with van der Waals surface area (Å²) in [6.07, 6.45) is 6.08. The number of nitrogens with zero attached hydrogens (tertiary/aromatic N) is 5. The van der Waals surface area contributed by atoms with E-state index in [2.05, 4.69) is 37.3 Å². The predicted octanol–water partition coefficient (Wildman–Crippen LogP) is 4.94. The van der Waals surface area contributed by atoms with Gasteiger partial charge in [-0.2, -0.15) is 15.1 Å². The third-order valence-electron chi connectivity index (χ3n) is 9.12. The number of rotatable bonds is 5.